The zero-order valence-corrected chi connectivity index (χ0v) is 13.0. The summed E-state index contributed by atoms with van der Waals surface area (Å²) in [5.41, 5.74) is 7.26. The lowest BCUT2D eigenvalue weighted by Crippen LogP contribution is -2.27. The van der Waals surface area contributed by atoms with Crippen LogP contribution in [0.15, 0.2) is 53.0 Å². The van der Waals surface area contributed by atoms with Gasteiger partial charge in [-0.3, -0.25) is 4.79 Å². The van der Waals surface area contributed by atoms with Crippen LogP contribution in [-0.4, -0.2) is 12.5 Å². The summed E-state index contributed by atoms with van der Waals surface area (Å²) in [6.45, 7) is 0.244. The van der Waals surface area contributed by atoms with Gasteiger partial charge >= 0.3 is 0 Å². The molecule has 3 N–H and O–H groups in total. The predicted octanol–water partition coefficient (Wildman–Crippen LogP) is 3.78. The van der Waals surface area contributed by atoms with E-state index in [1.54, 1.807) is 18.2 Å². The van der Waals surface area contributed by atoms with Crippen molar-refractivity contribution in [2.24, 2.45) is 5.73 Å². The third kappa shape index (κ3) is 3.60. The molecule has 2 rings (SSSR count). The molecule has 0 fully saturated rings. The van der Waals surface area contributed by atoms with Crippen LogP contribution in [0.25, 0.3) is 0 Å². The van der Waals surface area contributed by atoms with E-state index in [1.807, 2.05) is 30.3 Å². The van der Waals surface area contributed by atoms with Gasteiger partial charge < -0.3 is 11.1 Å². The molecule has 5 heteroatoms. The Morgan fingerprint density at radius 2 is 1.95 bits per heavy atom. The van der Waals surface area contributed by atoms with Crippen molar-refractivity contribution in [3.05, 3.63) is 63.6 Å². The highest BCUT2D eigenvalue weighted by Crippen LogP contribution is 2.27. The minimum atomic E-state index is -0.387. The first-order valence-electron chi connectivity index (χ1n) is 6.12. The highest BCUT2D eigenvalue weighted by molar-refractivity contribution is 9.10. The van der Waals surface area contributed by atoms with Crippen molar-refractivity contribution < 1.29 is 4.79 Å². The fourth-order valence-corrected chi connectivity index (χ4v) is 2.41. The minimum absolute atomic E-state index is 0.151. The van der Waals surface area contributed by atoms with E-state index < -0.39 is 0 Å². The number of nitrogens with two attached hydrogens (primary N) is 1. The molecule has 0 radical (unpaired) electrons. The molecule has 0 aromatic heterocycles. The van der Waals surface area contributed by atoms with Crippen molar-refractivity contribution >= 4 is 39.1 Å². The van der Waals surface area contributed by atoms with Crippen LogP contribution >= 0.6 is 27.5 Å². The second-order valence-corrected chi connectivity index (χ2v) is 5.60. The Kier molecular flexibility index (Phi) is 5.17. The van der Waals surface area contributed by atoms with Crippen LogP contribution in [0.3, 0.4) is 0 Å². The normalized spacial score (nSPS) is 11.9. The van der Waals surface area contributed by atoms with E-state index in [4.69, 9.17) is 17.3 Å². The highest BCUT2D eigenvalue weighted by Gasteiger charge is 2.19. The van der Waals surface area contributed by atoms with Crippen molar-refractivity contribution in [2.45, 2.75) is 5.92 Å². The maximum atomic E-state index is 12.4. The molecule has 2 aromatic rings. The van der Waals surface area contributed by atoms with E-state index in [0.29, 0.717) is 10.7 Å². The zero-order chi connectivity index (χ0) is 14.5. The maximum Gasteiger partial charge on any atom is 0.233 e. The van der Waals surface area contributed by atoms with Gasteiger partial charge in [0, 0.05) is 16.0 Å². The van der Waals surface area contributed by atoms with Crippen LogP contribution < -0.4 is 11.1 Å². The molecular weight excluding hydrogens is 340 g/mol. The number of hydrogen-bond donors (Lipinski definition) is 2. The number of benzene rings is 2. The summed E-state index contributed by atoms with van der Waals surface area (Å²) in [7, 11) is 0. The van der Waals surface area contributed by atoms with Crippen LogP contribution in [0.1, 0.15) is 11.5 Å². The van der Waals surface area contributed by atoms with Gasteiger partial charge in [-0.05, 0) is 39.7 Å². The van der Waals surface area contributed by atoms with E-state index in [9.17, 15) is 4.79 Å². The van der Waals surface area contributed by atoms with E-state index in [-0.39, 0.29) is 18.4 Å². The number of carbonyl (C=O) groups excluding carboxylic acids is 1. The predicted molar refractivity (Wildman–Crippen MR) is 86.0 cm³/mol. The van der Waals surface area contributed by atoms with Gasteiger partial charge in [0.15, 0.2) is 0 Å². The molecule has 0 aliphatic rings. The lowest BCUT2D eigenvalue weighted by molar-refractivity contribution is -0.117. The monoisotopic (exact) mass is 352 g/mol. The summed E-state index contributed by atoms with van der Waals surface area (Å²) in [5.74, 6) is -0.538. The summed E-state index contributed by atoms with van der Waals surface area (Å²) in [5, 5.41) is 3.41. The Balaban J connectivity index is 2.20. The Hall–Kier alpha value is -1.36. The van der Waals surface area contributed by atoms with E-state index in [2.05, 4.69) is 21.2 Å². The van der Waals surface area contributed by atoms with Gasteiger partial charge in [-0.25, -0.2) is 0 Å². The minimum Gasteiger partial charge on any atom is -0.329 e. The molecule has 0 heterocycles. The first kappa shape index (κ1) is 15.0. The Bertz CT molecular complexity index is 604. The van der Waals surface area contributed by atoms with E-state index in [1.165, 1.54) is 0 Å². The number of hydrogen-bond acceptors (Lipinski definition) is 2. The van der Waals surface area contributed by atoms with Crippen molar-refractivity contribution in [3.63, 3.8) is 0 Å². The highest BCUT2D eigenvalue weighted by atomic mass is 79.9. The van der Waals surface area contributed by atoms with Gasteiger partial charge in [0.2, 0.25) is 5.91 Å². The van der Waals surface area contributed by atoms with E-state index >= 15 is 0 Å². The van der Waals surface area contributed by atoms with E-state index in [0.717, 1.165) is 10.0 Å². The average Bonchev–Trinajstić information content (AvgIpc) is 2.45. The number of halogens is 2. The Morgan fingerprint density at radius 1 is 1.25 bits per heavy atom. The number of carbonyl (C=O) groups is 1. The standard InChI is InChI=1S/C15H14BrClN2O/c16-13-7-6-11(17)8-14(13)19-15(20)12(9-18)10-4-2-1-3-5-10/h1-8,12H,9,18H2,(H,19,20). The molecular formula is C15H14BrClN2O. The van der Waals surface area contributed by atoms with Crippen LogP contribution in [0.2, 0.25) is 5.02 Å². The molecule has 1 atom stereocenters. The van der Waals surface area contributed by atoms with Gasteiger partial charge in [0.25, 0.3) is 0 Å². The quantitative estimate of drug-likeness (QED) is 0.879. The summed E-state index contributed by atoms with van der Waals surface area (Å²) in [6, 6.07) is 14.7. The average molecular weight is 354 g/mol. The molecule has 3 nitrogen and oxygen atoms in total. The molecule has 1 amide bonds. The number of nitrogens with one attached hydrogen (secondary N) is 1. The molecule has 0 aliphatic carbocycles. The number of amides is 1. The zero-order valence-electron chi connectivity index (χ0n) is 10.6. The molecule has 0 bridgehead atoms. The third-order valence-corrected chi connectivity index (χ3v) is 3.87. The first-order chi connectivity index (χ1) is 9.61. The molecule has 0 aliphatic heterocycles. The van der Waals surface area contributed by atoms with Crippen LogP contribution in [0.4, 0.5) is 5.69 Å². The maximum absolute atomic E-state index is 12.4. The first-order valence-corrected chi connectivity index (χ1v) is 7.30. The molecule has 0 saturated carbocycles. The largest absolute Gasteiger partial charge is 0.329 e. The summed E-state index contributed by atoms with van der Waals surface area (Å²) in [4.78, 5) is 12.4. The molecule has 1 unspecified atom stereocenters. The fraction of sp³-hybridized carbons (Fsp3) is 0.133. The number of rotatable bonds is 4. The van der Waals surface area contributed by atoms with Crippen LogP contribution in [0.5, 0.6) is 0 Å². The van der Waals surface area contributed by atoms with Crippen molar-refractivity contribution in [1.82, 2.24) is 0 Å². The molecule has 104 valence electrons. The number of anilines is 1. The molecule has 0 saturated heterocycles. The second-order valence-electron chi connectivity index (χ2n) is 4.31. The second kappa shape index (κ2) is 6.88. The van der Waals surface area contributed by atoms with Crippen molar-refractivity contribution in [3.8, 4) is 0 Å². The van der Waals surface area contributed by atoms with Crippen LogP contribution in [0, 0.1) is 0 Å². The molecule has 20 heavy (non-hydrogen) atoms. The van der Waals surface area contributed by atoms with Crippen molar-refractivity contribution in [2.75, 3.05) is 11.9 Å². The van der Waals surface area contributed by atoms with Gasteiger partial charge in [0.1, 0.15) is 0 Å². The smallest absolute Gasteiger partial charge is 0.233 e. The van der Waals surface area contributed by atoms with Gasteiger partial charge in [-0.1, -0.05) is 41.9 Å². The fourth-order valence-electron chi connectivity index (χ4n) is 1.89. The lowest BCUT2D eigenvalue weighted by Gasteiger charge is -2.16. The summed E-state index contributed by atoms with van der Waals surface area (Å²) >= 11 is 9.32. The lowest BCUT2D eigenvalue weighted by atomic mass is 9.98. The molecule has 0 spiro atoms. The molecule has 2 aromatic carbocycles. The Labute approximate surface area is 131 Å². The summed E-state index contributed by atoms with van der Waals surface area (Å²) in [6.07, 6.45) is 0. The Morgan fingerprint density at radius 3 is 2.60 bits per heavy atom. The third-order valence-electron chi connectivity index (χ3n) is 2.94. The topological polar surface area (TPSA) is 55.1 Å². The van der Waals surface area contributed by atoms with Gasteiger partial charge in [-0.2, -0.15) is 0 Å². The van der Waals surface area contributed by atoms with Gasteiger partial charge in [-0.15, -0.1) is 0 Å². The van der Waals surface area contributed by atoms with Crippen LogP contribution in [-0.2, 0) is 4.79 Å². The van der Waals surface area contributed by atoms with Crippen molar-refractivity contribution in [1.29, 1.82) is 0 Å². The summed E-state index contributed by atoms with van der Waals surface area (Å²) < 4.78 is 0.777. The SMILES string of the molecule is NCC(C(=O)Nc1cc(Cl)ccc1Br)c1ccccc1. The van der Waals surface area contributed by atoms with Gasteiger partial charge in [0.05, 0.1) is 11.6 Å².